The lowest BCUT2D eigenvalue weighted by Crippen LogP contribution is -2.28. The molecule has 0 fully saturated rings. The highest BCUT2D eigenvalue weighted by Gasteiger charge is 2.19. The number of aldehydes is 1. The van der Waals surface area contributed by atoms with Crippen LogP contribution in [0.4, 0.5) is 0 Å². The first-order chi connectivity index (χ1) is 27.9. The number of nitrogens with zero attached hydrogens (tertiary/aromatic N) is 4. The molecule has 59 heavy (non-hydrogen) atoms. The molecule has 0 spiro atoms. The van der Waals surface area contributed by atoms with Crippen LogP contribution in [-0.4, -0.2) is 44.8 Å². The van der Waals surface area contributed by atoms with Gasteiger partial charge in [0.25, 0.3) is 20.2 Å². The topological polar surface area (TPSA) is 168 Å². The maximum Gasteiger partial charge on any atom is 0.255 e. The zero-order valence-corrected chi connectivity index (χ0v) is 36.6. The molecule has 2 aliphatic rings. The third-order valence-electron chi connectivity index (χ3n) is 10.4. The molecule has 0 aliphatic heterocycles. The number of carbonyl (C=O) groups excluding carboxylic acids is 1. The number of aromatic nitrogens is 4. The second kappa shape index (κ2) is 20.8. The number of benzene rings is 2. The number of hydrogen-bond acceptors (Lipinski definition) is 9. The van der Waals surface area contributed by atoms with Crippen molar-refractivity contribution in [1.82, 2.24) is 9.13 Å². The maximum atomic E-state index is 10.8. The van der Waals surface area contributed by atoms with Gasteiger partial charge < -0.3 is 28.3 Å². The van der Waals surface area contributed by atoms with E-state index < -0.39 is 20.2 Å². The van der Waals surface area contributed by atoms with Crippen LogP contribution in [0.25, 0.3) is 33.5 Å². The highest BCUT2D eigenvalue weighted by atomic mass is 32.2. The third kappa shape index (κ3) is 12.7. The number of fused-ring (bicyclic) bond motifs is 4. The van der Waals surface area contributed by atoms with E-state index in [-0.39, 0.29) is 0 Å². The SMILES string of the molecule is CS(=O)(=O)O[O-].CS(=O)(=O)O[O-].C[n+]1ccc2c(c1)CCCC2.Cc1c(/C=C2\CCCc3c[n+](C)ccc32)c2ccccc2n1C.Cc1c(C=O)c2ccccc2n1C. The molecule has 0 unspecified atom stereocenters. The fourth-order valence-corrected chi connectivity index (χ4v) is 7.32. The van der Waals surface area contributed by atoms with Gasteiger partial charge in [-0.2, -0.15) is 0 Å². The van der Waals surface area contributed by atoms with E-state index >= 15 is 0 Å². The normalized spacial score (nSPS) is 14.0. The minimum atomic E-state index is -3.72. The van der Waals surface area contributed by atoms with Gasteiger partial charge in [0.15, 0.2) is 31.1 Å². The summed E-state index contributed by atoms with van der Waals surface area (Å²) >= 11 is 0. The number of rotatable bonds is 4. The summed E-state index contributed by atoms with van der Waals surface area (Å²) in [5.74, 6) is 0. The van der Waals surface area contributed by atoms with Gasteiger partial charge in [-0.15, -0.1) is 0 Å². The van der Waals surface area contributed by atoms with Gasteiger partial charge in [0.1, 0.15) is 14.1 Å². The second-order valence-electron chi connectivity index (χ2n) is 14.8. The van der Waals surface area contributed by atoms with Gasteiger partial charge in [-0.25, -0.2) is 26.0 Å². The molecule has 0 saturated carbocycles. The van der Waals surface area contributed by atoms with Gasteiger partial charge in [-0.1, -0.05) is 36.4 Å². The Morgan fingerprint density at radius 2 is 1.07 bits per heavy atom. The van der Waals surface area contributed by atoms with Gasteiger partial charge in [0.05, 0.1) is 12.5 Å². The monoisotopic (exact) mass is 846 g/mol. The smallest absolute Gasteiger partial charge is 0.255 e. The summed E-state index contributed by atoms with van der Waals surface area (Å²) in [6, 6.07) is 21.2. The van der Waals surface area contributed by atoms with E-state index in [0.29, 0.717) is 12.5 Å². The Balaban J connectivity index is 0.000000182. The Labute approximate surface area is 347 Å². The van der Waals surface area contributed by atoms with Crippen molar-refractivity contribution in [1.29, 1.82) is 0 Å². The molecule has 13 nitrogen and oxygen atoms in total. The van der Waals surface area contributed by atoms with Gasteiger partial charge >= 0.3 is 0 Å². The Bertz CT molecular complexity index is 2630. The molecule has 4 aromatic heterocycles. The van der Waals surface area contributed by atoms with E-state index in [1.54, 1.807) is 11.1 Å². The van der Waals surface area contributed by atoms with Crippen molar-refractivity contribution >= 4 is 60.0 Å². The van der Waals surface area contributed by atoms with Crippen molar-refractivity contribution in [3.05, 3.63) is 130 Å². The first kappa shape index (κ1) is 46.7. The summed E-state index contributed by atoms with van der Waals surface area (Å²) < 4.78 is 51.8. The van der Waals surface area contributed by atoms with E-state index in [9.17, 15) is 21.6 Å². The predicted molar refractivity (Wildman–Crippen MR) is 225 cm³/mol. The molecule has 316 valence electrons. The zero-order valence-electron chi connectivity index (χ0n) is 35.0. The highest BCUT2D eigenvalue weighted by Crippen LogP contribution is 2.34. The van der Waals surface area contributed by atoms with Gasteiger partial charge in [0, 0.05) is 81.7 Å². The molecule has 4 heterocycles. The predicted octanol–water partition coefficient (Wildman–Crippen LogP) is 4.35. The first-order valence-electron chi connectivity index (χ1n) is 19.1. The van der Waals surface area contributed by atoms with Crippen LogP contribution >= 0.6 is 0 Å². The van der Waals surface area contributed by atoms with Crippen LogP contribution in [0.3, 0.4) is 0 Å². The molecule has 0 atom stereocenters. The number of aryl methyl sites for hydroxylation is 7. The summed E-state index contributed by atoms with van der Waals surface area (Å²) in [4.78, 5) is 10.8. The zero-order chi connectivity index (χ0) is 43.5. The first-order valence-corrected chi connectivity index (χ1v) is 22.7. The molecule has 0 saturated heterocycles. The molecule has 0 radical (unpaired) electrons. The number of pyridine rings is 2. The molecule has 0 N–H and O–H groups in total. The number of para-hydroxylation sites is 2. The Hall–Kier alpha value is -5.03. The average Bonchev–Trinajstić information content (AvgIpc) is 3.61. The molecule has 0 amide bonds. The van der Waals surface area contributed by atoms with Crippen molar-refractivity contribution in [2.24, 2.45) is 28.2 Å². The maximum absolute atomic E-state index is 10.8. The van der Waals surface area contributed by atoms with Crippen molar-refractivity contribution in [2.75, 3.05) is 12.5 Å². The van der Waals surface area contributed by atoms with Crippen molar-refractivity contribution in [3.63, 3.8) is 0 Å². The lowest BCUT2D eigenvalue weighted by atomic mass is 9.87. The van der Waals surface area contributed by atoms with Crippen LogP contribution < -0.4 is 19.6 Å². The summed E-state index contributed by atoms with van der Waals surface area (Å²) in [6.07, 6.45) is 22.5. The third-order valence-corrected chi connectivity index (χ3v) is 10.9. The number of hydrogen-bond donors (Lipinski definition) is 0. The second-order valence-corrected chi connectivity index (χ2v) is 17.8. The molecule has 2 aromatic carbocycles. The molecular formula is C44H54N4O9S2. The Morgan fingerprint density at radius 1 is 0.627 bits per heavy atom. The van der Waals surface area contributed by atoms with Crippen molar-refractivity contribution in [3.8, 4) is 0 Å². The van der Waals surface area contributed by atoms with Gasteiger partial charge in [-0.05, 0) is 93.7 Å². The standard InChI is InChI=1S/C21H23N2.C11H11NO.C10H14N.2CH4O4S/c1-15-20(19-9-4-5-10-21(19)23(15)3)13-16-7-6-8-17-14-22(2)12-11-18(16)17;1-8-10(7-13)9-5-3-4-6-11(9)12(8)2;1-11-7-6-9-4-2-3-5-10(9)8-11;2*1-6(3,4)5-2/h4-5,9-14H,6-8H2,1-3H3;3-7H,1-2H3;6-8H,2-5H2,1H3;2*2H,1H3/q+1;;+1;;/p-2. The lowest BCUT2D eigenvalue weighted by molar-refractivity contribution is -0.672. The molecule has 15 heteroatoms. The van der Waals surface area contributed by atoms with Gasteiger partial charge in [-0.3, -0.25) is 4.79 Å². The summed E-state index contributed by atoms with van der Waals surface area (Å²) in [5, 5.41) is 20.1. The molecule has 6 aromatic rings. The highest BCUT2D eigenvalue weighted by molar-refractivity contribution is 7.86. The van der Waals surface area contributed by atoms with Crippen molar-refractivity contribution < 1.29 is 49.9 Å². The van der Waals surface area contributed by atoms with Crippen LogP contribution in [0.5, 0.6) is 0 Å². The molecular weight excluding hydrogens is 793 g/mol. The fourth-order valence-electron chi connectivity index (χ4n) is 7.32. The summed E-state index contributed by atoms with van der Waals surface area (Å²) in [5.41, 5.74) is 14.5. The van der Waals surface area contributed by atoms with E-state index in [4.69, 9.17) is 10.5 Å². The Morgan fingerprint density at radius 3 is 1.59 bits per heavy atom. The Kier molecular flexibility index (Phi) is 16.4. The molecule has 2 aliphatic carbocycles. The molecule has 8 rings (SSSR count). The van der Waals surface area contributed by atoms with E-state index in [2.05, 4.69) is 118 Å². The number of carbonyl (C=O) groups is 1. The summed E-state index contributed by atoms with van der Waals surface area (Å²) in [7, 11) is 0.899. The minimum Gasteiger partial charge on any atom is -0.707 e. The van der Waals surface area contributed by atoms with Crippen LogP contribution in [0.15, 0.2) is 85.5 Å². The van der Waals surface area contributed by atoms with E-state index in [1.807, 2.05) is 42.8 Å². The quantitative estimate of drug-likeness (QED) is 0.109. The van der Waals surface area contributed by atoms with E-state index in [0.717, 1.165) is 28.4 Å². The lowest BCUT2D eigenvalue weighted by Gasteiger charge is -2.17. The average molecular weight is 847 g/mol. The van der Waals surface area contributed by atoms with Crippen LogP contribution in [-0.2, 0) is 76.4 Å². The summed E-state index contributed by atoms with van der Waals surface area (Å²) in [6.45, 7) is 4.19. The largest absolute Gasteiger partial charge is 0.707 e. The molecule has 0 bridgehead atoms. The van der Waals surface area contributed by atoms with Gasteiger partial charge in [0.2, 0.25) is 0 Å². The van der Waals surface area contributed by atoms with Crippen molar-refractivity contribution in [2.45, 2.75) is 58.8 Å². The van der Waals surface area contributed by atoms with Crippen LogP contribution in [0, 0.1) is 13.8 Å². The van der Waals surface area contributed by atoms with Crippen LogP contribution in [0.2, 0.25) is 0 Å². The van der Waals surface area contributed by atoms with E-state index in [1.165, 1.54) is 83.8 Å². The minimum absolute atomic E-state index is 0.681. The fraction of sp³-hybridized carbons (Fsp3) is 0.341. The van der Waals surface area contributed by atoms with Crippen LogP contribution in [0.1, 0.15) is 75.2 Å². The number of allylic oxidation sites excluding steroid dienone is 1.